The van der Waals surface area contributed by atoms with Crippen molar-refractivity contribution >= 4 is 29.1 Å². The molecule has 1 aliphatic rings. The Kier molecular flexibility index (Phi) is 5.50. The Bertz CT molecular complexity index is 1100. The molecule has 2 aromatic carbocycles. The lowest BCUT2D eigenvalue weighted by atomic mass is 10.1. The summed E-state index contributed by atoms with van der Waals surface area (Å²) in [4.78, 5) is 26.3. The van der Waals surface area contributed by atoms with Crippen LogP contribution in [0.1, 0.15) is 12.1 Å². The van der Waals surface area contributed by atoms with E-state index in [1.165, 1.54) is 12.1 Å². The van der Waals surface area contributed by atoms with E-state index in [0.717, 1.165) is 12.1 Å². The molecule has 0 radical (unpaired) electrons. The van der Waals surface area contributed by atoms with Gasteiger partial charge in [-0.05, 0) is 36.4 Å². The SMILES string of the molecule is O=C(NCc1cc(-c2ccc(F)cc2F)on1)C1CC(=O)N(c2ccc(Cl)cc2)C1. The highest BCUT2D eigenvalue weighted by molar-refractivity contribution is 6.30. The van der Waals surface area contributed by atoms with Crippen LogP contribution < -0.4 is 10.2 Å². The molecular weight excluding hydrogens is 416 g/mol. The highest BCUT2D eigenvalue weighted by Gasteiger charge is 2.35. The van der Waals surface area contributed by atoms with Gasteiger partial charge in [0.1, 0.15) is 17.3 Å². The van der Waals surface area contributed by atoms with Crippen molar-refractivity contribution in [3.05, 3.63) is 70.9 Å². The molecule has 30 heavy (non-hydrogen) atoms. The number of halogens is 3. The summed E-state index contributed by atoms with van der Waals surface area (Å²) in [6.07, 6.45) is 0.0965. The van der Waals surface area contributed by atoms with Crippen LogP contribution in [0, 0.1) is 17.6 Å². The third kappa shape index (κ3) is 4.18. The monoisotopic (exact) mass is 431 g/mol. The fourth-order valence-corrected chi connectivity index (χ4v) is 3.41. The molecule has 0 saturated carbocycles. The van der Waals surface area contributed by atoms with E-state index in [4.69, 9.17) is 16.1 Å². The average molecular weight is 432 g/mol. The smallest absolute Gasteiger partial charge is 0.227 e. The molecule has 1 aliphatic heterocycles. The maximum Gasteiger partial charge on any atom is 0.227 e. The third-order valence-electron chi connectivity index (χ3n) is 4.83. The van der Waals surface area contributed by atoms with E-state index >= 15 is 0 Å². The second-order valence-electron chi connectivity index (χ2n) is 6.91. The average Bonchev–Trinajstić information content (AvgIpc) is 3.34. The number of benzene rings is 2. The zero-order valence-corrected chi connectivity index (χ0v) is 16.3. The minimum Gasteiger partial charge on any atom is -0.356 e. The number of carbonyl (C=O) groups is 2. The highest BCUT2D eigenvalue weighted by atomic mass is 35.5. The Morgan fingerprint density at radius 3 is 2.70 bits per heavy atom. The van der Waals surface area contributed by atoms with Crippen LogP contribution in [0.3, 0.4) is 0 Å². The van der Waals surface area contributed by atoms with Gasteiger partial charge in [-0.25, -0.2) is 8.78 Å². The van der Waals surface area contributed by atoms with Gasteiger partial charge >= 0.3 is 0 Å². The van der Waals surface area contributed by atoms with Crippen LogP contribution in [0.15, 0.2) is 53.1 Å². The summed E-state index contributed by atoms with van der Waals surface area (Å²) in [5.41, 5.74) is 1.13. The molecule has 154 valence electrons. The molecule has 1 aromatic heterocycles. The van der Waals surface area contributed by atoms with Crippen LogP contribution >= 0.6 is 11.6 Å². The molecule has 0 aliphatic carbocycles. The highest BCUT2D eigenvalue weighted by Crippen LogP contribution is 2.27. The fraction of sp³-hybridized carbons (Fsp3) is 0.190. The second-order valence-corrected chi connectivity index (χ2v) is 7.34. The molecule has 1 N–H and O–H groups in total. The van der Waals surface area contributed by atoms with Gasteiger partial charge in [0.2, 0.25) is 11.8 Å². The predicted octanol–water partition coefficient (Wildman–Crippen LogP) is 3.94. The summed E-state index contributed by atoms with van der Waals surface area (Å²) < 4.78 is 32.0. The fourth-order valence-electron chi connectivity index (χ4n) is 3.29. The van der Waals surface area contributed by atoms with Crippen LogP contribution in [-0.2, 0) is 16.1 Å². The molecule has 1 fully saturated rings. The number of hydrogen-bond donors (Lipinski definition) is 1. The van der Waals surface area contributed by atoms with E-state index in [9.17, 15) is 18.4 Å². The van der Waals surface area contributed by atoms with Gasteiger partial charge in [0.05, 0.1) is 18.0 Å². The van der Waals surface area contributed by atoms with Gasteiger partial charge in [-0.2, -0.15) is 0 Å². The molecule has 1 unspecified atom stereocenters. The molecule has 2 amide bonds. The predicted molar refractivity (Wildman–Crippen MR) is 106 cm³/mol. The normalized spacial score (nSPS) is 16.2. The Morgan fingerprint density at radius 1 is 1.20 bits per heavy atom. The van der Waals surface area contributed by atoms with Crippen LogP contribution in [-0.4, -0.2) is 23.5 Å². The summed E-state index contributed by atoms with van der Waals surface area (Å²) in [7, 11) is 0. The Balaban J connectivity index is 1.37. The van der Waals surface area contributed by atoms with Crippen molar-refractivity contribution in [1.29, 1.82) is 0 Å². The summed E-state index contributed by atoms with van der Waals surface area (Å²) in [6.45, 7) is 0.313. The van der Waals surface area contributed by atoms with E-state index in [1.54, 1.807) is 29.2 Å². The van der Waals surface area contributed by atoms with Gasteiger partial charge in [0.25, 0.3) is 0 Å². The van der Waals surface area contributed by atoms with Gasteiger partial charge in [-0.3, -0.25) is 9.59 Å². The van der Waals surface area contributed by atoms with E-state index in [1.807, 2.05) is 0 Å². The molecule has 0 bridgehead atoms. The first kappa shape index (κ1) is 20.0. The third-order valence-corrected chi connectivity index (χ3v) is 5.09. The van der Waals surface area contributed by atoms with E-state index in [-0.39, 0.29) is 42.6 Å². The van der Waals surface area contributed by atoms with Crippen molar-refractivity contribution < 1.29 is 22.9 Å². The van der Waals surface area contributed by atoms with Crippen LogP contribution in [0.5, 0.6) is 0 Å². The summed E-state index contributed by atoms with van der Waals surface area (Å²) >= 11 is 5.87. The first-order chi connectivity index (χ1) is 14.4. The molecule has 2 heterocycles. The Labute approximate surface area is 175 Å². The number of nitrogens with one attached hydrogen (secondary N) is 1. The standard InChI is InChI=1S/C21H16ClF2N3O3/c22-13-1-4-16(5-2-13)27-11-12(7-20(27)28)21(29)25-10-15-9-19(30-26-15)17-6-3-14(23)8-18(17)24/h1-6,8-9,12H,7,10-11H2,(H,25,29). The zero-order valence-electron chi connectivity index (χ0n) is 15.6. The lowest BCUT2D eigenvalue weighted by molar-refractivity contribution is -0.126. The van der Waals surface area contributed by atoms with E-state index < -0.39 is 17.6 Å². The van der Waals surface area contributed by atoms with E-state index in [2.05, 4.69) is 10.5 Å². The van der Waals surface area contributed by atoms with Gasteiger partial charge in [-0.15, -0.1) is 0 Å². The number of rotatable bonds is 5. The Morgan fingerprint density at radius 2 is 1.97 bits per heavy atom. The zero-order chi connectivity index (χ0) is 21.3. The van der Waals surface area contributed by atoms with Crippen LogP contribution in [0.2, 0.25) is 5.02 Å². The molecule has 6 nitrogen and oxygen atoms in total. The largest absolute Gasteiger partial charge is 0.356 e. The minimum absolute atomic E-state index is 0.0524. The number of aromatic nitrogens is 1. The van der Waals surface area contributed by atoms with Gasteiger partial charge in [-0.1, -0.05) is 16.8 Å². The molecule has 9 heteroatoms. The van der Waals surface area contributed by atoms with Gasteiger partial charge in [0.15, 0.2) is 5.76 Å². The van der Waals surface area contributed by atoms with Crippen LogP contribution in [0.4, 0.5) is 14.5 Å². The van der Waals surface area contributed by atoms with Crippen molar-refractivity contribution in [2.24, 2.45) is 5.92 Å². The van der Waals surface area contributed by atoms with Gasteiger partial charge < -0.3 is 14.7 Å². The summed E-state index contributed by atoms with van der Waals surface area (Å²) in [5.74, 6) is -2.28. The Hall–Kier alpha value is -3.26. The lowest BCUT2D eigenvalue weighted by Crippen LogP contribution is -2.32. The summed E-state index contributed by atoms with van der Waals surface area (Å²) in [6, 6.07) is 11.4. The number of hydrogen-bond acceptors (Lipinski definition) is 4. The number of nitrogens with zero attached hydrogens (tertiary/aromatic N) is 2. The van der Waals surface area contributed by atoms with Crippen molar-refractivity contribution in [2.45, 2.75) is 13.0 Å². The molecular formula is C21H16ClF2N3O3. The van der Waals surface area contributed by atoms with Gasteiger partial charge in [0, 0.05) is 35.8 Å². The molecule has 4 rings (SSSR count). The minimum atomic E-state index is -0.770. The maximum atomic E-state index is 13.9. The molecule has 1 saturated heterocycles. The first-order valence-corrected chi connectivity index (χ1v) is 9.53. The molecule has 0 spiro atoms. The number of carbonyl (C=O) groups excluding carboxylic acids is 2. The lowest BCUT2D eigenvalue weighted by Gasteiger charge is -2.16. The van der Waals surface area contributed by atoms with E-state index in [0.29, 0.717) is 16.4 Å². The first-order valence-electron chi connectivity index (χ1n) is 9.15. The molecule has 3 aromatic rings. The van der Waals surface area contributed by atoms with Crippen molar-refractivity contribution in [2.75, 3.05) is 11.4 Å². The van der Waals surface area contributed by atoms with Crippen LogP contribution in [0.25, 0.3) is 11.3 Å². The topological polar surface area (TPSA) is 75.4 Å². The quantitative estimate of drug-likeness (QED) is 0.664. The molecule has 1 atom stereocenters. The summed E-state index contributed by atoms with van der Waals surface area (Å²) in [5, 5.41) is 7.08. The van der Waals surface area contributed by atoms with Crippen molar-refractivity contribution in [1.82, 2.24) is 10.5 Å². The second kappa shape index (κ2) is 8.23. The number of anilines is 1. The van der Waals surface area contributed by atoms with Crippen molar-refractivity contribution in [3.8, 4) is 11.3 Å². The van der Waals surface area contributed by atoms with Crippen molar-refractivity contribution in [3.63, 3.8) is 0 Å². The number of amides is 2. The maximum absolute atomic E-state index is 13.9.